The largest absolute Gasteiger partial charge is 0.437 e. The number of pyridine rings is 2. The second-order valence-corrected chi connectivity index (χ2v) is 10.4. The number of aromatic nitrogens is 2. The number of carbonyl (C=O) groups excluding carboxylic acids is 1. The molecule has 0 aliphatic carbocycles. The molecule has 36 heavy (non-hydrogen) atoms. The Morgan fingerprint density at radius 3 is 2.11 bits per heavy atom. The lowest BCUT2D eigenvalue weighted by atomic mass is 10.2. The van der Waals surface area contributed by atoms with Gasteiger partial charge < -0.3 is 10.1 Å². The van der Waals surface area contributed by atoms with Crippen LogP contribution in [0.25, 0.3) is 0 Å². The number of alkyl halides is 6. The van der Waals surface area contributed by atoms with E-state index in [0.717, 1.165) is 50.5 Å². The fourth-order valence-corrected chi connectivity index (χ4v) is 4.21. The first-order valence-electron chi connectivity index (χ1n) is 9.92. The molecule has 0 atom stereocenters. The number of benzene rings is 1. The van der Waals surface area contributed by atoms with Crippen molar-refractivity contribution in [2.45, 2.75) is 35.8 Å². The molecule has 0 unspecified atom stereocenters. The molecule has 1 amide bonds. The molecule has 0 saturated heterocycles. The van der Waals surface area contributed by atoms with Crippen LogP contribution < -0.4 is 10.1 Å². The van der Waals surface area contributed by atoms with Crippen molar-refractivity contribution >= 4 is 21.4 Å². The molecule has 0 fully saturated rings. The van der Waals surface area contributed by atoms with Gasteiger partial charge >= 0.3 is 12.4 Å². The van der Waals surface area contributed by atoms with Crippen molar-refractivity contribution in [1.82, 2.24) is 9.97 Å². The molecular weight excluding hydrogens is 516 g/mol. The van der Waals surface area contributed by atoms with Crippen molar-refractivity contribution < 1.29 is 44.3 Å². The number of carbonyl (C=O) groups is 1. The molecule has 0 spiro atoms. The summed E-state index contributed by atoms with van der Waals surface area (Å²) in [6.45, 7) is 2.08. The van der Waals surface area contributed by atoms with Crippen LogP contribution in [0.3, 0.4) is 0 Å². The molecule has 3 rings (SSSR count). The Balaban J connectivity index is 1.73. The summed E-state index contributed by atoms with van der Waals surface area (Å²) in [6.07, 6.45) is -7.44. The van der Waals surface area contributed by atoms with Crippen molar-refractivity contribution in [3.8, 4) is 11.6 Å². The Morgan fingerprint density at radius 1 is 0.889 bits per heavy atom. The Hall–Kier alpha value is -3.68. The fraction of sp³-hybridized carbons (Fsp3) is 0.227. The van der Waals surface area contributed by atoms with Crippen molar-refractivity contribution in [1.29, 1.82) is 0 Å². The number of amides is 1. The highest BCUT2D eigenvalue weighted by atomic mass is 32.2. The SMILES string of the molecule is CC(C)(C(=O)Nc1ccc(Oc2ccc(C(F)(F)F)nc2)nc1)S(=O)(=O)c1cccc(C(F)(F)F)c1. The second kappa shape index (κ2) is 9.41. The van der Waals surface area contributed by atoms with Gasteiger partial charge in [-0.1, -0.05) is 6.07 Å². The van der Waals surface area contributed by atoms with Gasteiger partial charge in [0.2, 0.25) is 11.8 Å². The van der Waals surface area contributed by atoms with Crippen LogP contribution in [0.2, 0.25) is 0 Å². The van der Waals surface area contributed by atoms with Crippen LogP contribution in [0.1, 0.15) is 25.1 Å². The zero-order valence-electron chi connectivity index (χ0n) is 18.5. The summed E-state index contributed by atoms with van der Waals surface area (Å²) in [6, 6.07) is 7.34. The molecule has 0 radical (unpaired) electrons. The van der Waals surface area contributed by atoms with Crippen LogP contribution >= 0.6 is 0 Å². The van der Waals surface area contributed by atoms with Crippen molar-refractivity contribution in [3.63, 3.8) is 0 Å². The average molecular weight is 533 g/mol. The first-order valence-corrected chi connectivity index (χ1v) is 11.4. The lowest BCUT2D eigenvalue weighted by molar-refractivity contribution is -0.141. The average Bonchev–Trinajstić information content (AvgIpc) is 2.79. The van der Waals surface area contributed by atoms with Crippen LogP contribution in [0, 0.1) is 0 Å². The Morgan fingerprint density at radius 2 is 1.58 bits per heavy atom. The first kappa shape index (κ1) is 26.9. The molecule has 0 saturated carbocycles. The van der Waals surface area contributed by atoms with E-state index >= 15 is 0 Å². The molecule has 3 aromatic rings. The zero-order chi connectivity index (χ0) is 26.9. The molecule has 1 aromatic carbocycles. The summed E-state index contributed by atoms with van der Waals surface area (Å²) in [7, 11) is -4.55. The van der Waals surface area contributed by atoms with Gasteiger partial charge in [0.05, 0.1) is 28.5 Å². The van der Waals surface area contributed by atoms with E-state index < -0.39 is 49.0 Å². The molecule has 7 nitrogen and oxygen atoms in total. The summed E-state index contributed by atoms with van der Waals surface area (Å²) in [5, 5.41) is 2.32. The number of nitrogens with one attached hydrogen (secondary N) is 1. The number of hydrogen-bond acceptors (Lipinski definition) is 6. The number of nitrogens with zero attached hydrogens (tertiary/aromatic N) is 2. The Bertz CT molecular complexity index is 1350. The Kier molecular flexibility index (Phi) is 7.03. The van der Waals surface area contributed by atoms with E-state index in [4.69, 9.17) is 4.74 Å². The lowest BCUT2D eigenvalue weighted by Crippen LogP contribution is -2.44. The molecular formula is C22H17F6N3O4S. The van der Waals surface area contributed by atoms with Crippen LogP contribution in [-0.4, -0.2) is 29.0 Å². The number of sulfone groups is 1. The van der Waals surface area contributed by atoms with Gasteiger partial charge in [-0.25, -0.2) is 18.4 Å². The van der Waals surface area contributed by atoms with Crippen LogP contribution in [0.15, 0.2) is 65.8 Å². The van der Waals surface area contributed by atoms with Gasteiger partial charge in [0.15, 0.2) is 9.84 Å². The summed E-state index contributed by atoms with van der Waals surface area (Å²) in [5.74, 6) is -1.15. The van der Waals surface area contributed by atoms with Crippen molar-refractivity contribution in [3.05, 3.63) is 72.2 Å². The smallest absolute Gasteiger partial charge is 0.433 e. The minimum atomic E-state index is -4.77. The zero-order valence-corrected chi connectivity index (χ0v) is 19.3. The number of ether oxygens (including phenoxy) is 1. The minimum Gasteiger partial charge on any atom is -0.437 e. The first-order chi connectivity index (χ1) is 16.5. The molecule has 0 aliphatic heterocycles. The fourth-order valence-electron chi connectivity index (χ4n) is 2.78. The minimum absolute atomic E-state index is 0.0326. The van der Waals surface area contributed by atoms with Gasteiger partial charge in [0.1, 0.15) is 16.2 Å². The second-order valence-electron chi connectivity index (χ2n) is 7.86. The van der Waals surface area contributed by atoms with Gasteiger partial charge in [-0.05, 0) is 50.2 Å². The highest BCUT2D eigenvalue weighted by Crippen LogP contribution is 2.34. The predicted molar refractivity (Wildman–Crippen MR) is 115 cm³/mol. The van der Waals surface area contributed by atoms with Gasteiger partial charge in [-0.15, -0.1) is 0 Å². The molecule has 0 bridgehead atoms. The van der Waals surface area contributed by atoms with E-state index in [1.165, 1.54) is 12.1 Å². The normalized spacial score (nSPS) is 12.8. The standard InChI is InChI=1S/C22H17F6N3O4S/c1-20(2,36(33,34)16-5-3-4-13(10-16)21(23,24)25)19(32)31-14-6-9-18(30-11-14)35-15-7-8-17(29-12-15)22(26,27)28/h3-12H,1-2H3,(H,31,32). The number of hydrogen-bond donors (Lipinski definition) is 1. The maximum atomic E-state index is 13.0. The quantitative estimate of drug-likeness (QED) is 0.421. The van der Waals surface area contributed by atoms with E-state index in [2.05, 4.69) is 15.3 Å². The van der Waals surface area contributed by atoms with Crippen molar-refractivity contribution in [2.24, 2.45) is 0 Å². The molecule has 1 N–H and O–H groups in total. The van der Waals surface area contributed by atoms with Crippen molar-refractivity contribution in [2.75, 3.05) is 5.32 Å². The topological polar surface area (TPSA) is 98.2 Å². The monoisotopic (exact) mass is 533 g/mol. The highest BCUT2D eigenvalue weighted by molar-refractivity contribution is 7.93. The molecule has 14 heteroatoms. The van der Waals surface area contributed by atoms with Crippen LogP contribution in [0.4, 0.5) is 32.0 Å². The highest BCUT2D eigenvalue weighted by Gasteiger charge is 2.44. The van der Waals surface area contributed by atoms with E-state index in [-0.39, 0.29) is 17.3 Å². The predicted octanol–water partition coefficient (Wildman–Crippen LogP) is 5.50. The molecule has 2 aromatic heterocycles. The van der Waals surface area contributed by atoms with Gasteiger partial charge in [-0.3, -0.25) is 4.79 Å². The van der Waals surface area contributed by atoms with Gasteiger partial charge in [-0.2, -0.15) is 26.3 Å². The molecule has 192 valence electrons. The summed E-state index contributed by atoms with van der Waals surface area (Å²) < 4.78 is 106. The van der Waals surface area contributed by atoms with E-state index in [9.17, 15) is 39.6 Å². The number of anilines is 1. The van der Waals surface area contributed by atoms with E-state index in [0.29, 0.717) is 12.1 Å². The van der Waals surface area contributed by atoms with E-state index in [1.54, 1.807) is 0 Å². The third kappa shape index (κ3) is 5.75. The Labute approximate surface area is 201 Å². The summed E-state index contributed by atoms with van der Waals surface area (Å²) in [5.41, 5.74) is -2.25. The van der Waals surface area contributed by atoms with Crippen LogP contribution in [-0.2, 0) is 27.0 Å². The number of rotatable bonds is 6. The molecule has 2 heterocycles. The molecule has 0 aliphatic rings. The van der Waals surface area contributed by atoms with Crippen LogP contribution in [0.5, 0.6) is 11.6 Å². The third-order valence-electron chi connectivity index (χ3n) is 4.93. The maximum Gasteiger partial charge on any atom is 0.433 e. The number of halogens is 6. The maximum absolute atomic E-state index is 13.0. The third-order valence-corrected chi connectivity index (χ3v) is 7.34. The summed E-state index contributed by atoms with van der Waals surface area (Å²) >= 11 is 0. The van der Waals surface area contributed by atoms with Gasteiger partial charge in [0, 0.05) is 6.07 Å². The van der Waals surface area contributed by atoms with E-state index in [1.807, 2.05) is 0 Å². The lowest BCUT2D eigenvalue weighted by Gasteiger charge is -2.24. The van der Waals surface area contributed by atoms with Gasteiger partial charge in [0.25, 0.3) is 0 Å². The summed E-state index contributed by atoms with van der Waals surface area (Å²) in [4.78, 5) is 19.2.